The van der Waals surface area contributed by atoms with Gasteiger partial charge in [0.05, 0.1) is 15.5 Å². The van der Waals surface area contributed by atoms with E-state index in [1.807, 2.05) is 12.1 Å². The minimum atomic E-state index is -3.39. The lowest BCUT2D eigenvalue weighted by Gasteiger charge is -2.08. The van der Waals surface area contributed by atoms with Gasteiger partial charge < -0.3 is 5.32 Å². The van der Waals surface area contributed by atoms with Crippen LogP contribution < -0.4 is 5.32 Å². The van der Waals surface area contributed by atoms with Gasteiger partial charge in [0, 0.05) is 15.5 Å². The van der Waals surface area contributed by atoms with Crippen LogP contribution in [0, 0.1) is 3.57 Å². The van der Waals surface area contributed by atoms with Crippen molar-refractivity contribution in [3.05, 3.63) is 56.6 Å². The molecule has 0 heterocycles. The molecule has 0 saturated heterocycles. The van der Waals surface area contributed by atoms with Crippen molar-refractivity contribution in [2.24, 2.45) is 0 Å². The Morgan fingerprint density at radius 2 is 1.76 bits per heavy atom. The number of hydrogen-bond acceptors (Lipinski definition) is 3. The topological polar surface area (TPSA) is 63.2 Å². The molecule has 0 aliphatic rings. The Hall–Kier alpha value is -1.12. The summed E-state index contributed by atoms with van der Waals surface area (Å²) >= 11 is 8.14. The fourth-order valence-electron chi connectivity index (χ4n) is 1.64. The van der Waals surface area contributed by atoms with Gasteiger partial charge in [0.25, 0.3) is 5.91 Å². The summed E-state index contributed by atoms with van der Waals surface area (Å²) in [6.45, 7) is 0. The van der Waals surface area contributed by atoms with Gasteiger partial charge in [-0.3, -0.25) is 4.79 Å². The predicted molar refractivity (Wildman–Crippen MR) is 91.7 cm³/mol. The van der Waals surface area contributed by atoms with Crippen molar-refractivity contribution in [1.29, 1.82) is 0 Å². The number of hydrogen-bond donors (Lipinski definition) is 1. The SMILES string of the molecule is CS(=O)(=O)c1ccc(Cl)c(C(=O)Nc2ccc(I)cc2)c1. The molecule has 0 aromatic heterocycles. The molecule has 1 N–H and O–H groups in total. The Morgan fingerprint density at radius 3 is 2.33 bits per heavy atom. The molecule has 21 heavy (non-hydrogen) atoms. The van der Waals surface area contributed by atoms with Gasteiger partial charge in [-0.2, -0.15) is 0 Å². The molecule has 2 aromatic rings. The monoisotopic (exact) mass is 435 g/mol. The summed E-state index contributed by atoms with van der Waals surface area (Å²) in [5.74, 6) is -0.452. The molecule has 0 aliphatic carbocycles. The second kappa shape index (κ2) is 6.33. The Balaban J connectivity index is 2.32. The van der Waals surface area contributed by atoms with Crippen molar-refractivity contribution in [2.45, 2.75) is 4.90 Å². The summed E-state index contributed by atoms with van der Waals surface area (Å²) in [4.78, 5) is 12.3. The van der Waals surface area contributed by atoms with E-state index in [1.165, 1.54) is 18.2 Å². The van der Waals surface area contributed by atoms with Crippen LogP contribution >= 0.6 is 34.2 Å². The van der Waals surface area contributed by atoms with Gasteiger partial charge in [-0.25, -0.2) is 8.42 Å². The zero-order valence-electron chi connectivity index (χ0n) is 10.9. The number of sulfone groups is 1. The van der Waals surface area contributed by atoms with Gasteiger partial charge in [0.15, 0.2) is 9.84 Å². The minimum Gasteiger partial charge on any atom is -0.322 e. The summed E-state index contributed by atoms with van der Waals surface area (Å²) in [7, 11) is -3.39. The molecule has 2 aromatic carbocycles. The molecule has 0 unspecified atom stereocenters. The number of halogens is 2. The summed E-state index contributed by atoms with van der Waals surface area (Å²) < 4.78 is 24.1. The molecular formula is C14H11ClINO3S. The number of amides is 1. The quantitative estimate of drug-likeness (QED) is 0.749. The van der Waals surface area contributed by atoms with E-state index in [-0.39, 0.29) is 15.5 Å². The smallest absolute Gasteiger partial charge is 0.257 e. The summed E-state index contributed by atoms with van der Waals surface area (Å²) in [6, 6.07) is 11.3. The first-order chi connectivity index (χ1) is 9.77. The third-order valence-electron chi connectivity index (χ3n) is 2.71. The molecule has 0 radical (unpaired) electrons. The van der Waals surface area contributed by atoms with E-state index >= 15 is 0 Å². The van der Waals surface area contributed by atoms with Crippen molar-refractivity contribution in [3.8, 4) is 0 Å². The first-order valence-electron chi connectivity index (χ1n) is 5.84. The van der Waals surface area contributed by atoms with Crippen LogP contribution in [0.25, 0.3) is 0 Å². The first-order valence-corrected chi connectivity index (χ1v) is 9.19. The van der Waals surface area contributed by atoms with Crippen LogP contribution in [0.2, 0.25) is 5.02 Å². The molecule has 0 fully saturated rings. The van der Waals surface area contributed by atoms with E-state index in [1.54, 1.807) is 12.1 Å². The summed E-state index contributed by atoms with van der Waals surface area (Å²) in [5, 5.41) is 2.88. The first kappa shape index (κ1) is 16.3. The maximum absolute atomic E-state index is 12.2. The highest BCUT2D eigenvalue weighted by atomic mass is 127. The van der Waals surface area contributed by atoms with E-state index in [0.29, 0.717) is 5.69 Å². The largest absolute Gasteiger partial charge is 0.322 e. The van der Waals surface area contributed by atoms with Gasteiger partial charge >= 0.3 is 0 Å². The average Bonchev–Trinajstić information content (AvgIpc) is 2.40. The standard InChI is InChI=1S/C14H11ClINO3S/c1-21(19,20)11-6-7-13(15)12(8-11)14(18)17-10-4-2-9(16)3-5-10/h2-8H,1H3,(H,17,18). The van der Waals surface area contributed by atoms with Crippen LogP contribution in [0.15, 0.2) is 47.4 Å². The van der Waals surface area contributed by atoms with E-state index in [2.05, 4.69) is 27.9 Å². The van der Waals surface area contributed by atoms with Crippen molar-refractivity contribution in [3.63, 3.8) is 0 Å². The van der Waals surface area contributed by atoms with Crippen LogP contribution in [-0.2, 0) is 9.84 Å². The van der Waals surface area contributed by atoms with Crippen molar-refractivity contribution < 1.29 is 13.2 Å². The second-order valence-electron chi connectivity index (χ2n) is 4.37. The maximum atomic E-state index is 12.2. The molecule has 0 saturated carbocycles. The fraction of sp³-hybridized carbons (Fsp3) is 0.0714. The lowest BCUT2D eigenvalue weighted by atomic mass is 10.2. The Morgan fingerprint density at radius 1 is 1.14 bits per heavy atom. The predicted octanol–water partition coefficient (Wildman–Crippen LogP) is 3.60. The van der Waals surface area contributed by atoms with Crippen molar-refractivity contribution in [1.82, 2.24) is 0 Å². The molecule has 1 amide bonds. The van der Waals surface area contributed by atoms with Crippen molar-refractivity contribution in [2.75, 3.05) is 11.6 Å². The number of benzene rings is 2. The normalized spacial score (nSPS) is 11.2. The number of anilines is 1. The van der Waals surface area contributed by atoms with Gasteiger partial charge in [0.1, 0.15) is 0 Å². The van der Waals surface area contributed by atoms with Gasteiger partial charge in [-0.1, -0.05) is 11.6 Å². The molecule has 7 heteroatoms. The van der Waals surface area contributed by atoms with E-state index in [9.17, 15) is 13.2 Å². The Labute approximate surface area is 141 Å². The summed E-state index contributed by atoms with van der Waals surface area (Å²) in [5.41, 5.74) is 0.736. The molecule has 0 atom stereocenters. The highest BCUT2D eigenvalue weighted by Crippen LogP contribution is 2.22. The van der Waals surface area contributed by atoms with Gasteiger partial charge in [-0.15, -0.1) is 0 Å². The van der Waals surface area contributed by atoms with Crippen LogP contribution in [0.4, 0.5) is 5.69 Å². The number of carbonyl (C=O) groups excluding carboxylic acids is 1. The van der Waals surface area contributed by atoms with Crippen LogP contribution in [0.1, 0.15) is 10.4 Å². The van der Waals surface area contributed by atoms with E-state index in [4.69, 9.17) is 11.6 Å². The molecule has 4 nitrogen and oxygen atoms in total. The highest BCUT2D eigenvalue weighted by molar-refractivity contribution is 14.1. The number of rotatable bonds is 3. The minimum absolute atomic E-state index is 0.0552. The molecule has 0 aliphatic heterocycles. The molecule has 2 rings (SSSR count). The van der Waals surface area contributed by atoms with Gasteiger partial charge in [-0.05, 0) is 65.1 Å². The number of carbonyl (C=O) groups is 1. The van der Waals surface area contributed by atoms with E-state index in [0.717, 1.165) is 9.83 Å². The van der Waals surface area contributed by atoms with E-state index < -0.39 is 15.7 Å². The fourth-order valence-corrected chi connectivity index (χ4v) is 2.85. The molecule has 0 bridgehead atoms. The number of nitrogens with one attached hydrogen (secondary N) is 1. The maximum Gasteiger partial charge on any atom is 0.257 e. The van der Waals surface area contributed by atoms with Crippen LogP contribution in [0.3, 0.4) is 0 Å². The zero-order valence-corrected chi connectivity index (χ0v) is 14.7. The molecular weight excluding hydrogens is 425 g/mol. The third-order valence-corrected chi connectivity index (χ3v) is 4.87. The lowest BCUT2D eigenvalue weighted by molar-refractivity contribution is 0.102. The highest BCUT2D eigenvalue weighted by Gasteiger charge is 2.15. The second-order valence-corrected chi connectivity index (χ2v) is 8.04. The van der Waals surface area contributed by atoms with Crippen molar-refractivity contribution >= 4 is 55.6 Å². The average molecular weight is 436 g/mol. The Bertz CT molecular complexity index is 788. The third kappa shape index (κ3) is 4.18. The Kier molecular flexibility index (Phi) is 4.90. The summed E-state index contributed by atoms with van der Waals surface area (Å²) in [6.07, 6.45) is 1.08. The van der Waals surface area contributed by atoms with Crippen LogP contribution in [0.5, 0.6) is 0 Å². The molecule has 0 spiro atoms. The lowest BCUT2D eigenvalue weighted by Crippen LogP contribution is -2.13. The zero-order chi connectivity index (χ0) is 15.6. The van der Waals surface area contributed by atoms with Gasteiger partial charge in [0.2, 0.25) is 0 Å². The van der Waals surface area contributed by atoms with Crippen LogP contribution in [-0.4, -0.2) is 20.6 Å². The molecule has 110 valence electrons.